The van der Waals surface area contributed by atoms with Gasteiger partial charge in [0.05, 0.1) is 0 Å². The zero-order valence-corrected chi connectivity index (χ0v) is 39.6. The van der Waals surface area contributed by atoms with E-state index in [-0.39, 0.29) is 0 Å². The lowest BCUT2D eigenvalue weighted by Crippen LogP contribution is -1.96. The highest BCUT2D eigenvalue weighted by molar-refractivity contribution is 7.27. The number of hydrogen-bond acceptors (Lipinski definition) is 3. The van der Waals surface area contributed by atoms with Gasteiger partial charge in [0.25, 0.3) is 0 Å². The molecule has 68 heavy (non-hydrogen) atoms. The van der Waals surface area contributed by atoms with E-state index in [9.17, 15) is 0 Å². The van der Waals surface area contributed by atoms with E-state index in [1.54, 1.807) is 0 Å². The third-order valence-corrected chi connectivity index (χ3v) is 17.7. The number of allylic oxidation sites excluding steroid dienone is 2. The minimum atomic E-state index is 1.22. The average Bonchev–Trinajstić information content (AvgIpc) is 4.08. The van der Waals surface area contributed by atoms with Crippen LogP contribution in [0.3, 0.4) is 0 Å². The van der Waals surface area contributed by atoms with E-state index in [0.29, 0.717) is 0 Å². The predicted octanol–water partition coefficient (Wildman–Crippen LogP) is 20.4. The van der Waals surface area contributed by atoms with Crippen LogP contribution in [0.5, 0.6) is 0 Å². The Labute approximate surface area is 405 Å². The molecule has 0 amide bonds. The van der Waals surface area contributed by atoms with Crippen LogP contribution in [0.15, 0.2) is 213 Å². The van der Waals surface area contributed by atoms with Crippen molar-refractivity contribution in [2.24, 2.45) is 0 Å². The number of hydrogen-bond donors (Lipinski definition) is 0. The Morgan fingerprint density at radius 3 is 1.38 bits per heavy atom. The average molecular weight is 917 g/mol. The van der Waals surface area contributed by atoms with Crippen molar-refractivity contribution in [2.75, 3.05) is 0 Å². The van der Waals surface area contributed by atoms with Crippen LogP contribution >= 0.6 is 34.0 Å². The topological polar surface area (TPSA) is 0 Å². The van der Waals surface area contributed by atoms with Gasteiger partial charge in [0.2, 0.25) is 0 Å². The van der Waals surface area contributed by atoms with E-state index in [1.807, 2.05) is 40.1 Å². The van der Waals surface area contributed by atoms with Crippen molar-refractivity contribution in [1.82, 2.24) is 0 Å². The van der Waals surface area contributed by atoms with E-state index in [0.717, 1.165) is 0 Å². The van der Waals surface area contributed by atoms with Gasteiger partial charge in [-0.05, 0) is 132 Å². The van der Waals surface area contributed by atoms with Crippen LogP contribution in [0.4, 0.5) is 0 Å². The first kappa shape index (κ1) is 39.5. The molecule has 0 aliphatic rings. The second kappa shape index (κ2) is 15.4. The predicted molar refractivity (Wildman–Crippen MR) is 303 cm³/mol. The number of benzene rings is 11. The van der Waals surface area contributed by atoms with Crippen LogP contribution in [0.2, 0.25) is 0 Å². The molecule has 0 atom stereocenters. The van der Waals surface area contributed by atoms with Crippen molar-refractivity contribution in [1.29, 1.82) is 0 Å². The Bertz CT molecular complexity index is 4420. The molecule has 0 fully saturated rings. The highest BCUT2D eigenvalue weighted by Gasteiger charge is 2.24. The van der Waals surface area contributed by atoms with Crippen LogP contribution in [0.25, 0.3) is 143 Å². The lowest BCUT2D eigenvalue weighted by molar-refractivity contribution is 1.46. The molecule has 14 rings (SSSR count). The molecule has 318 valence electrons. The Hall–Kier alpha value is -7.66. The number of rotatable bonds is 6. The van der Waals surface area contributed by atoms with Gasteiger partial charge < -0.3 is 0 Å². The van der Waals surface area contributed by atoms with Crippen LogP contribution in [0.1, 0.15) is 11.1 Å². The summed E-state index contributed by atoms with van der Waals surface area (Å²) in [4.78, 5) is 0. The molecule has 0 aliphatic carbocycles. The van der Waals surface area contributed by atoms with Gasteiger partial charge in [0, 0.05) is 66.1 Å². The Kier molecular flexibility index (Phi) is 8.97. The maximum Gasteiger partial charge on any atom is 0.0434 e. The molecule has 0 N–H and O–H groups in total. The largest absolute Gasteiger partial charge is 0.135 e. The normalized spacial score (nSPS) is 12.2. The molecule has 0 bridgehead atoms. The second-order valence-electron chi connectivity index (χ2n) is 17.9. The molecule has 0 saturated carbocycles. The molecular formula is C65H40S3. The summed E-state index contributed by atoms with van der Waals surface area (Å²) in [5, 5.41) is 15.4. The first-order valence-electron chi connectivity index (χ1n) is 23.2. The molecule has 0 saturated heterocycles. The third kappa shape index (κ3) is 5.83. The van der Waals surface area contributed by atoms with Gasteiger partial charge in [-0.25, -0.2) is 0 Å². The zero-order valence-electron chi connectivity index (χ0n) is 37.1. The zero-order chi connectivity index (χ0) is 45.0. The summed E-state index contributed by atoms with van der Waals surface area (Å²) >= 11 is 5.66. The molecule has 3 heterocycles. The fourth-order valence-corrected chi connectivity index (χ4v) is 14.8. The summed E-state index contributed by atoms with van der Waals surface area (Å²) < 4.78 is 7.88. The minimum absolute atomic E-state index is 1.22. The Morgan fingerprint density at radius 2 is 0.794 bits per heavy atom. The molecule has 11 aromatic carbocycles. The molecule has 0 spiro atoms. The van der Waals surface area contributed by atoms with Crippen LogP contribution in [0, 0.1) is 6.92 Å². The summed E-state index contributed by atoms with van der Waals surface area (Å²) in [6, 6.07) is 72.9. The lowest BCUT2D eigenvalue weighted by atomic mass is 9.83. The fourth-order valence-electron chi connectivity index (χ4n) is 11.4. The minimum Gasteiger partial charge on any atom is -0.135 e. The SMILES string of the molecule is C=C/C=C\c1c(C)c(-c2cccc3c2sc2cccc(-c4c5ccccc5c(-c5ccc6sc7ccccc7c6c5)c5ccccc45)c23)c2ccccc2c1-c1ccc2sc3ccccc3c2c1. The van der Waals surface area contributed by atoms with Gasteiger partial charge in [0.15, 0.2) is 0 Å². The summed E-state index contributed by atoms with van der Waals surface area (Å²) in [6.45, 7) is 6.43. The highest BCUT2D eigenvalue weighted by Crippen LogP contribution is 2.52. The summed E-state index contributed by atoms with van der Waals surface area (Å²) in [5.74, 6) is 0. The highest BCUT2D eigenvalue weighted by atomic mass is 32.1. The van der Waals surface area contributed by atoms with E-state index in [2.05, 4.69) is 220 Å². The molecule has 0 radical (unpaired) electrons. The standard InChI is InChI=1S/C65H40S3/c1-3-4-17-41-38(2)60(44-20-5-6-21-45(44)61(41)39-32-34-57-53(36-39)42-18-11-13-29-55(42)66-57)51-27-15-28-52-64-50(26-16-31-59(64)68-65(51)52)63-48-24-9-7-22-46(48)62(47-23-8-10-25-49(47)63)40-33-35-58-54(37-40)43-19-12-14-30-56(43)67-58/h3-37H,1H2,2H3/b17-4-. The smallest absolute Gasteiger partial charge is 0.0434 e. The summed E-state index contributed by atoms with van der Waals surface area (Å²) in [5.41, 5.74) is 12.6. The first-order chi connectivity index (χ1) is 33.6. The van der Waals surface area contributed by atoms with Gasteiger partial charge in [0.1, 0.15) is 0 Å². The van der Waals surface area contributed by atoms with Crippen molar-refractivity contribution >= 4 is 133 Å². The van der Waals surface area contributed by atoms with E-state index >= 15 is 0 Å². The molecule has 0 aliphatic heterocycles. The van der Waals surface area contributed by atoms with E-state index in [1.165, 1.54) is 148 Å². The maximum absolute atomic E-state index is 4.11. The maximum atomic E-state index is 4.11. The van der Waals surface area contributed by atoms with Gasteiger partial charge >= 0.3 is 0 Å². The van der Waals surface area contributed by atoms with Gasteiger partial charge in [-0.15, -0.1) is 34.0 Å². The van der Waals surface area contributed by atoms with Crippen LogP contribution in [-0.4, -0.2) is 0 Å². The third-order valence-electron chi connectivity index (χ3n) is 14.2. The van der Waals surface area contributed by atoms with Crippen molar-refractivity contribution in [2.45, 2.75) is 6.92 Å². The van der Waals surface area contributed by atoms with Gasteiger partial charge in [-0.3, -0.25) is 0 Å². The van der Waals surface area contributed by atoms with Crippen molar-refractivity contribution < 1.29 is 0 Å². The number of fused-ring (bicyclic) bond motifs is 12. The van der Waals surface area contributed by atoms with Crippen molar-refractivity contribution in [3.8, 4) is 44.5 Å². The van der Waals surface area contributed by atoms with E-state index in [4.69, 9.17) is 0 Å². The molecule has 3 heteroatoms. The van der Waals surface area contributed by atoms with Gasteiger partial charge in [-0.1, -0.05) is 176 Å². The molecular weight excluding hydrogens is 877 g/mol. The summed E-state index contributed by atoms with van der Waals surface area (Å²) in [6.07, 6.45) is 6.26. The monoisotopic (exact) mass is 916 g/mol. The van der Waals surface area contributed by atoms with Crippen molar-refractivity contribution in [3.63, 3.8) is 0 Å². The Morgan fingerprint density at radius 1 is 0.353 bits per heavy atom. The van der Waals surface area contributed by atoms with Crippen LogP contribution < -0.4 is 0 Å². The molecule has 0 unspecified atom stereocenters. The number of thiophene rings is 3. The Balaban J connectivity index is 1.01. The van der Waals surface area contributed by atoms with Gasteiger partial charge in [-0.2, -0.15) is 0 Å². The lowest BCUT2D eigenvalue weighted by Gasteiger charge is -2.20. The molecule has 14 aromatic rings. The van der Waals surface area contributed by atoms with E-state index < -0.39 is 0 Å². The molecule has 0 nitrogen and oxygen atoms in total. The van der Waals surface area contributed by atoms with Crippen LogP contribution in [-0.2, 0) is 0 Å². The van der Waals surface area contributed by atoms with Crippen molar-refractivity contribution in [3.05, 3.63) is 224 Å². The fraction of sp³-hybridized carbons (Fsp3) is 0.0154. The first-order valence-corrected chi connectivity index (χ1v) is 25.6. The summed E-state index contributed by atoms with van der Waals surface area (Å²) in [7, 11) is 0. The quantitative estimate of drug-likeness (QED) is 0.115. The second-order valence-corrected chi connectivity index (χ2v) is 21.1. The molecule has 3 aromatic heterocycles.